The summed E-state index contributed by atoms with van der Waals surface area (Å²) in [5.41, 5.74) is 5.50. The van der Waals surface area contributed by atoms with Gasteiger partial charge in [-0.15, -0.1) is 0 Å². The Balaban J connectivity index is 1.40. The van der Waals surface area contributed by atoms with Crippen LogP contribution in [0.15, 0.2) is 66.7 Å². The Kier molecular flexibility index (Phi) is 4.97. The first kappa shape index (κ1) is 18.2. The van der Waals surface area contributed by atoms with E-state index in [1.807, 2.05) is 0 Å². The van der Waals surface area contributed by atoms with Crippen molar-refractivity contribution in [2.75, 3.05) is 6.61 Å². The molecule has 1 heteroatoms. The average molecular weight is 381 g/mol. The minimum absolute atomic E-state index is 0.405. The second kappa shape index (κ2) is 7.91. The van der Waals surface area contributed by atoms with Gasteiger partial charge in [0.05, 0.1) is 6.61 Å². The van der Waals surface area contributed by atoms with Crippen LogP contribution >= 0.6 is 0 Å². The maximum absolute atomic E-state index is 6.01. The summed E-state index contributed by atoms with van der Waals surface area (Å²) in [7, 11) is 0. The van der Waals surface area contributed by atoms with Crippen molar-refractivity contribution in [3.63, 3.8) is 0 Å². The minimum atomic E-state index is 0.405. The normalized spacial score (nSPS) is 18.9. The van der Waals surface area contributed by atoms with E-state index in [0.717, 1.165) is 18.8 Å². The van der Waals surface area contributed by atoms with Gasteiger partial charge in [-0.25, -0.2) is 0 Å². The fourth-order valence-corrected chi connectivity index (χ4v) is 4.77. The van der Waals surface area contributed by atoms with Crippen LogP contribution in [0.2, 0.25) is 0 Å². The van der Waals surface area contributed by atoms with Crippen LogP contribution in [0.1, 0.15) is 66.7 Å². The fraction of sp³-hybridized carbons (Fsp3) is 0.286. The summed E-state index contributed by atoms with van der Waals surface area (Å²) in [5, 5.41) is 2.64. The molecule has 0 heterocycles. The monoisotopic (exact) mass is 380 g/mol. The Hall–Kier alpha value is -2.80. The summed E-state index contributed by atoms with van der Waals surface area (Å²) in [4.78, 5) is 0. The van der Waals surface area contributed by atoms with E-state index in [0.29, 0.717) is 11.8 Å². The Bertz CT molecular complexity index is 1090. The number of allylic oxidation sites excluding steroid dienone is 2. The van der Waals surface area contributed by atoms with E-state index in [1.165, 1.54) is 52.3 Å². The van der Waals surface area contributed by atoms with Gasteiger partial charge in [0.2, 0.25) is 0 Å². The van der Waals surface area contributed by atoms with Gasteiger partial charge in [-0.3, -0.25) is 0 Å². The summed E-state index contributed by atoms with van der Waals surface area (Å²) in [6.45, 7) is 3.05. The minimum Gasteiger partial charge on any atom is -0.494 e. The quantitative estimate of drug-likeness (QED) is 0.398. The molecular weight excluding hydrogens is 352 g/mol. The lowest BCUT2D eigenvalue weighted by Crippen LogP contribution is -2.16. The molecule has 0 saturated carbocycles. The predicted molar refractivity (Wildman–Crippen MR) is 124 cm³/mol. The van der Waals surface area contributed by atoms with Crippen molar-refractivity contribution in [1.82, 2.24) is 0 Å². The Morgan fingerprint density at radius 2 is 1.45 bits per heavy atom. The van der Waals surface area contributed by atoms with E-state index in [2.05, 4.69) is 85.8 Å². The molecule has 0 amide bonds. The molecule has 1 nitrogen and oxygen atoms in total. The first-order valence-corrected chi connectivity index (χ1v) is 11.0. The summed E-state index contributed by atoms with van der Waals surface area (Å²) in [6.07, 6.45) is 14.3. The molecule has 5 rings (SSSR count). The predicted octanol–water partition coefficient (Wildman–Crippen LogP) is 7.72. The highest BCUT2D eigenvalue weighted by atomic mass is 16.5. The number of benzene rings is 3. The molecule has 2 atom stereocenters. The molecule has 3 aromatic carbocycles. The highest BCUT2D eigenvalue weighted by molar-refractivity contribution is 5.87. The molecule has 0 aliphatic heterocycles. The van der Waals surface area contributed by atoms with Crippen LogP contribution in [0.3, 0.4) is 0 Å². The van der Waals surface area contributed by atoms with E-state index < -0.39 is 0 Å². The van der Waals surface area contributed by atoms with E-state index in [4.69, 9.17) is 4.74 Å². The van der Waals surface area contributed by atoms with Gasteiger partial charge in [0.25, 0.3) is 0 Å². The number of rotatable bonds is 6. The molecule has 0 radical (unpaired) electrons. The lowest BCUT2D eigenvalue weighted by Gasteiger charge is -2.32. The van der Waals surface area contributed by atoms with Crippen molar-refractivity contribution < 1.29 is 4.74 Å². The standard InChI is InChI=1S/C28H28O/c1-2-3-4-7-16-29-24-12-15-25-23(18-24)11-14-27-26(25)13-10-22-17-20-8-5-6-9-21(20)19-28(22)27/h5-6,8-15,17-19,26-27H,2-4,7,16H2,1H3. The maximum atomic E-state index is 6.01. The van der Waals surface area contributed by atoms with Crippen molar-refractivity contribution in [2.24, 2.45) is 0 Å². The van der Waals surface area contributed by atoms with Crippen LogP contribution in [0.5, 0.6) is 5.75 Å². The van der Waals surface area contributed by atoms with Crippen molar-refractivity contribution >= 4 is 22.9 Å². The van der Waals surface area contributed by atoms with Crippen LogP contribution in [0.25, 0.3) is 22.9 Å². The third-order valence-corrected chi connectivity index (χ3v) is 6.35. The Morgan fingerprint density at radius 3 is 2.24 bits per heavy atom. The van der Waals surface area contributed by atoms with E-state index >= 15 is 0 Å². The zero-order valence-corrected chi connectivity index (χ0v) is 17.1. The second-order valence-electron chi connectivity index (χ2n) is 8.30. The molecule has 0 bridgehead atoms. The molecule has 2 unspecified atom stereocenters. The fourth-order valence-electron chi connectivity index (χ4n) is 4.77. The van der Waals surface area contributed by atoms with Gasteiger partial charge >= 0.3 is 0 Å². The van der Waals surface area contributed by atoms with Gasteiger partial charge in [-0.05, 0) is 63.7 Å². The van der Waals surface area contributed by atoms with E-state index in [-0.39, 0.29) is 0 Å². The molecule has 146 valence electrons. The molecule has 3 aromatic rings. The number of hydrogen-bond acceptors (Lipinski definition) is 1. The third kappa shape index (κ3) is 3.51. The van der Waals surface area contributed by atoms with Gasteiger partial charge < -0.3 is 4.74 Å². The Labute approximate surface area is 173 Å². The lowest BCUT2D eigenvalue weighted by atomic mass is 9.71. The molecule has 29 heavy (non-hydrogen) atoms. The highest BCUT2D eigenvalue weighted by Crippen LogP contribution is 2.46. The summed E-state index contributed by atoms with van der Waals surface area (Å²) in [5.74, 6) is 1.81. The molecule has 2 aliphatic carbocycles. The second-order valence-corrected chi connectivity index (χ2v) is 8.30. The van der Waals surface area contributed by atoms with Crippen LogP contribution in [-0.2, 0) is 0 Å². The zero-order valence-electron chi connectivity index (χ0n) is 17.1. The van der Waals surface area contributed by atoms with Crippen molar-refractivity contribution in [1.29, 1.82) is 0 Å². The van der Waals surface area contributed by atoms with Crippen molar-refractivity contribution in [2.45, 2.75) is 44.4 Å². The Morgan fingerprint density at radius 1 is 0.724 bits per heavy atom. The van der Waals surface area contributed by atoms with Gasteiger partial charge in [0.15, 0.2) is 0 Å². The smallest absolute Gasteiger partial charge is 0.119 e. The van der Waals surface area contributed by atoms with Gasteiger partial charge in [-0.2, -0.15) is 0 Å². The molecule has 0 saturated heterocycles. The summed E-state index contributed by atoms with van der Waals surface area (Å²) >= 11 is 0. The summed E-state index contributed by atoms with van der Waals surface area (Å²) in [6, 6.07) is 20.0. The molecule has 0 fully saturated rings. The summed E-state index contributed by atoms with van der Waals surface area (Å²) < 4.78 is 6.01. The van der Waals surface area contributed by atoms with Crippen LogP contribution in [0, 0.1) is 0 Å². The highest BCUT2D eigenvalue weighted by Gasteiger charge is 2.29. The van der Waals surface area contributed by atoms with E-state index in [9.17, 15) is 0 Å². The maximum Gasteiger partial charge on any atom is 0.119 e. The van der Waals surface area contributed by atoms with Crippen LogP contribution < -0.4 is 4.74 Å². The molecule has 0 aromatic heterocycles. The van der Waals surface area contributed by atoms with Gasteiger partial charge in [-0.1, -0.05) is 80.8 Å². The largest absolute Gasteiger partial charge is 0.494 e. The molecule has 2 aliphatic rings. The lowest BCUT2D eigenvalue weighted by molar-refractivity contribution is 0.305. The number of ether oxygens (including phenoxy) is 1. The number of fused-ring (bicyclic) bond motifs is 6. The zero-order chi connectivity index (χ0) is 19.6. The van der Waals surface area contributed by atoms with Gasteiger partial charge in [0, 0.05) is 11.8 Å². The van der Waals surface area contributed by atoms with Crippen LogP contribution in [0.4, 0.5) is 0 Å². The molecule has 0 N–H and O–H groups in total. The molecular formula is C28H28O. The first-order chi connectivity index (χ1) is 14.3. The van der Waals surface area contributed by atoms with Crippen molar-refractivity contribution in [3.8, 4) is 5.75 Å². The van der Waals surface area contributed by atoms with E-state index in [1.54, 1.807) is 0 Å². The third-order valence-electron chi connectivity index (χ3n) is 6.35. The van der Waals surface area contributed by atoms with Crippen LogP contribution in [-0.4, -0.2) is 6.61 Å². The first-order valence-electron chi connectivity index (χ1n) is 11.0. The number of unbranched alkanes of at least 4 members (excludes halogenated alkanes) is 3. The SMILES string of the molecule is CCCCCCOc1ccc2c(c1)C=CC1c3cc4ccccc4cc3C=CC21. The molecule has 0 spiro atoms. The average Bonchev–Trinajstić information content (AvgIpc) is 2.77. The number of hydrogen-bond donors (Lipinski definition) is 0. The topological polar surface area (TPSA) is 9.23 Å². The van der Waals surface area contributed by atoms with Gasteiger partial charge in [0.1, 0.15) is 5.75 Å². The van der Waals surface area contributed by atoms with Crippen molar-refractivity contribution in [3.05, 3.63) is 89.0 Å².